The number of hydrogen-bond acceptors (Lipinski definition) is 3. The zero-order chi connectivity index (χ0) is 16.1. The first-order chi connectivity index (χ1) is 10.5. The highest BCUT2D eigenvalue weighted by Crippen LogP contribution is 2.20. The smallest absolute Gasteiger partial charge is 0.265 e. The third-order valence-electron chi connectivity index (χ3n) is 3.54. The molecule has 2 aromatic carbocycles. The molecule has 0 aliphatic heterocycles. The van der Waals surface area contributed by atoms with Crippen LogP contribution >= 0.6 is 0 Å². The fourth-order valence-corrected chi connectivity index (χ4v) is 2.03. The molecule has 112 valence electrons. The number of carbonyl (C=O) groups excluding carboxylic acids is 1. The summed E-state index contributed by atoms with van der Waals surface area (Å²) < 4.78 is 5.61. The summed E-state index contributed by atoms with van der Waals surface area (Å²) in [5, 5.41) is 11.9. The SMILES string of the molecule is Cc1cccc(NC(=O)C(C)Oc2ccccc2C#N)c1C. The van der Waals surface area contributed by atoms with Crippen LogP contribution in [0.15, 0.2) is 42.5 Å². The molecule has 1 unspecified atom stereocenters. The maximum atomic E-state index is 12.3. The molecule has 1 amide bonds. The molecule has 1 N–H and O–H groups in total. The van der Waals surface area contributed by atoms with Crippen molar-refractivity contribution in [3.63, 3.8) is 0 Å². The average molecular weight is 294 g/mol. The Morgan fingerprint density at radius 1 is 1.18 bits per heavy atom. The average Bonchev–Trinajstić information content (AvgIpc) is 2.52. The standard InChI is InChI=1S/C18H18N2O2/c1-12-7-6-9-16(13(12)2)20-18(21)14(3)22-17-10-5-4-8-15(17)11-19/h4-10,14H,1-3H3,(H,20,21). The van der Waals surface area contributed by atoms with Crippen molar-refractivity contribution in [1.29, 1.82) is 5.26 Å². The quantitative estimate of drug-likeness (QED) is 0.937. The molecule has 2 rings (SSSR count). The highest BCUT2D eigenvalue weighted by molar-refractivity contribution is 5.94. The maximum Gasteiger partial charge on any atom is 0.265 e. The van der Waals surface area contributed by atoms with Gasteiger partial charge in [0.1, 0.15) is 11.8 Å². The van der Waals surface area contributed by atoms with E-state index >= 15 is 0 Å². The summed E-state index contributed by atoms with van der Waals surface area (Å²) in [4.78, 5) is 12.3. The van der Waals surface area contributed by atoms with E-state index in [1.165, 1.54) is 0 Å². The van der Waals surface area contributed by atoms with Crippen molar-refractivity contribution in [2.75, 3.05) is 5.32 Å². The number of rotatable bonds is 4. The van der Waals surface area contributed by atoms with Crippen molar-refractivity contribution >= 4 is 11.6 Å². The lowest BCUT2D eigenvalue weighted by molar-refractivity contribution is -0.122. The van der Waals surface area contributed by atoms with Crippen LogP contribution in [0.3, 0.4) is 0 Å². The molecule has 4 nitrogen and oxygen atoms in total. The van der Waals surface area contributed by atoms with Crippen molar-refractivity contribution in [3.8, 4) is 11.8 Å². The second-order valence-electron chi connectivity index (χ2n) is 5.10. The second-order valence-corrected chi connectivity index (χ2v) is 5.10. The van der Waals surface area contributed by atoms with Crippen LogP contribution in [0.2, 0.25) is 0 Å². The summed E-state index contributed by atoms with van der Waals surface area (Å²) in [6.07, 6.45) is -0.700. The van der Waals surface area contributed by atoms with Gasteiger partial charge in [0, 0.05) is 5.69 Å². The van der Waals surface area contributed by atoms with Crippen LogP contribution in [0.25, 0.3) is 0 Å². The van der Waals surface area contributed by atoms with Crippen molar-refractivity contribution in [2.24, 2.45) is 0 Å². The molecule has 0 fully saturated rings. The summed E-state index contributed by atoms with van der Waals surface area (Å²) in [5.41, 5.74) is 3.32. The Morgan fingerprint density at radius 2 is 1.91 bits per heavy atom. The Kier molecular flexibility index (Phi) is 4.80. The number of anilines is 1. The lowest BCUT2D eigenvalue weighted by atomic mass is 10.1. The minimum Gasteiger partial charge on any atom is -0.480 e. The van der Waals surface area contributed by atoms with Crippen LogP contribution in [-0.4, -0.2) is 12.0 Å². The number of hydrogen-bond donors (Lipinski definition) is 1. The van der Waals surface area contributed by atoms with E-state index in [0.29, 0.717) is 11.3 Å². The van der Waals surface area contributed by atoms with Gasteiger partial charge in [-0.1, -0.05) is 24.3 Å². The lowest BCUT2D eigenvalue weighted by Gasteiger charge is -2.17. The number of nitriles is 1. The molecule has 0 aliphatic carbocycles. The molecule has 0 aromatic heterocycles. The van der Waals surface area contributed by atoms with Gasteiger partial charge in [-0.2, -0.15) is 5.26 Å². The minimum atomic E-state index is -0.700. The Labute approximate surface area is 130 Å². The topological polar surface area (TPSA) is 62.1 Å². The van der Waals surface area contributed by atoms with Crippen molar-refractivity contribution < 1.29 is 9.53 Å². The van der Waals surface area contributed by atoms with E-state index in [4.69, 9.17) is 10.00 Å². The fourth-order valence-electron chi connectivity index (χ4n) is 2.03. The van der Waals surface area contributed by atoms with Gasteiger partial charge in [0.2, 0.25) is 0 Å². The fraction of sp³-hybridized carbons (Fsp3) is 0.222. The monoisotopic (exact) mass is 294 g/mol. The van der Waals surface area contributed by atoms with Crippen LogP contribution in [0.4, 0.5) is 5.69 Å². The van der Waals surface area contributed by atoms with E-state index < -0.39 is 6.10 Å². The normalized spacial score (nSPS) is 11.4. The van der Waals surface area contributed by atoms with Crippen LogP contribution < -0.4 is 10.1 Å². The van der Waals surface area contributed by atoms with Crippen molar-refractivity contribution in [1.82, 2.24) is 0 Å². The maximum absolute atomic E-state index is 12.3. The number of nitrogens with one attached hydrogen (secondary N) is 1. The first-order valence-corrected chi connectivity index (χ1v) is 7.05. The Morgan fingerprint density at radius 3 is 2.64 bits per heavy atom. The highest BCUT2D eigenvalue weighted by Gasteiger charge is 2.17. The molecule has 0 heterocycles. The number of carbonyl (C=O) groups is 1. The van der Waals surface area contributed by atoms with Crippen molar-refractivity contribution in [2.45, 2.75) is 26.9 Å². The summed E-state index contributed by atoms with van der Waals surface area (Å²) in [5.74, 6) is 0.162. The summed E-state index contributed by atoms with van der Waals surface area (Å²) in [6, 6.07) is 14.7. The second kappa shape index (κ2) is 6.77. The predicted molar refractivity (Wildman–Crippen MR) is 85.8 cm³/mol. The molecule has 0 bridgehead atoms. The number of para-hydroxylation sites is 1. The van der Waals surface area contributed by atoms with E-state index in [-0.39, 0.29) is 5.91 Å². The summed E-state index contributed by atoms with van der Waals surface area (Å²) in [6.45, 7) is 5.62. The third-order valence-corrected chi connectivity index (χ3v) is 3.54. The molecule has 0 saturated carbocycles. The van der Waals surface area contributed by atoms with Crippen LogP contribution in [0.5, 0.6) is 5.75 Å². The molecule has 0 aliphatic rings. The molecule has 0 spiro atoms. The molecular formula is C18H18N2O2. The minimum absolute atomic E-state index is 0.249. The molecule has 2 aromatic rings. The Bertz CT molecular complexity index is 732. The summed E-state index contributed by atoms with van der Waals surface area (Å²) >= 11 is 0. The molecular weight excluding hydrogens is 276 g/mol. The van der Waals surface area contributed by atoms with E-state index in [2.05, 4.69) is 5.32 Å². The van der Waals surface area contributed by atoms with E-state index in [9.17, 15) is 4.79 Å². The third kappa shape index (κ3) is 3.44. The zero-order valence-corrected chi connectivity index (χ0v) is 12.9. The van der Waals surface area contributed by atoms with Gasteiger partial charge in [-0.3, -0.25) is 4.79 Å². The van der Waals surface area contributed by atoms with Gasteiger partial charge in [-0.15, -0.1) is 0 Å². The number of aryl methyl sites for hydroxylation is 1. The lowest BCUT2D eigenvalue weighted by Crippen LogP contribution is -2.30. The van der Waals surface area contributed by atoms with Crippen LogP contribution in [0.1, 0.15) is 23.6 Å². The van der Waals surface area contributed by atoms with E-state index in [1.807, 2.05) is 38.1 Å². The summed E-state index contributed by atoms with van der Waals surface area (Å²) in [7, 11) is 0. The molecule has 22 heavy (non-hydrogen) atoms. The highest BCUT2D eigenvalue weighted by atomic mass is 16.5. The molecule has 4 heteroatoms. The van der Waals surface area contributed by atoms with Gasteiger partial charge in [0.25, 0.3) is 5.91 Å². The Balaban J connectivity index is 2.10. The number of ether oxygens (including phenoxy) is 1. The molecule has 0 saturated heterocycles. The van der Waals surface area contributed by atoms with E-state index in [1.54, 1.807) is 31.2 Å². The van der Waals surface area contributed by atoms with Gasteiger partial charge < -0.3 is 10.1 Å². The van der Waals surface area contributed by atoms with Crippen LogP contribution in [0, 0.1) is 25.2 Å². The van der Waals surface area contributed by atoms with Gasteiger partial charge in [0.05, 0.1) is 5.56 Å². The predicted octanol–water partition coefficient (Wildman–Crippen LogP) is 3.58. The number of benzene rings is 2. The van der Waals surface area contributed by atoms with E-state index in [0.717, 1.165) is 16.8 Å². The molecule has 0 radical (unpaired) electrons. The Hall–Kier alpha value is -2.80. The number of amides is 1. The van der Waals surface area contributed by atoms with Crippen LogP contribution in [-0.2, 0) is 4.79 Å². The van der Waals surface area contributed by atoms with Gasteiger partial charge in [-0.05, 0) is 50.1 Å². The van der Waals surface area contributed by atoms with Gasteiger partial charge >= 0.3 is 0 Å². The number of nitrogens with zero attached hydrogens (tertiary/aromatic N) is 1. The molecule has 1 atom stereocenters. The van der Waals surface area contributed by atoms with Crippen molar-refractivity contribution in [3.05, 3.63) is 59.2 Å². The first kappa shape index (κ1) is 15.6. The zero-order valence-electron chi connectivity index (χ0n) is 12.9. The van der Waals surface area contributed by atoms with Gasteiger partial charge in [-0.25, -0.2) is 0 Å². The first-order valence-electron chi connectivity index (χ1n) is 7.05. The largest absolute Gasteiger partial charge is 0.480 e. The van der Waals surface area contributed by atoms with Gasteiger partial charge in [0.15, 0.2) is 6.10 Å².